The first-order chi connectivity index (χ1) is 11.6. The van der Waals surface area contributed by atoms with Crippen molar-refractivity contribution in [1.82, 2.24) is 4.90 Å². The molecule has 2 aromatic rings. The standard InChI is InChI=1S/C20H20ClNO2.ClH/c21-18-9-7-17(8-10-18)19(13-20(23)24)16-5-3-15(4-6-16)14-22-11-1-2-12-22;/h3-10,13H,1-2,11-12,14H2,(H,23,24);1H/b19-13+;. The molecule has 0 spiro atoms. The van der Waals surface area contributed by atoms with E-state index in [0.29, 0.717) is 10.6 Å². The quantitative estimate of drug-likeness (QED) is 0.755. The number of carbonyl (C=O) groups is 1. The van der Waals surface area contributed by atoms with Gasteiger partial charge in [0.1, 0.15) is 0 Å². The molecule has 1 aliphatic heterocycles. The van der Waals surface area contributed by atoms with E-state index < -0.39 is 5.97 Å². The van der Waals surface area contributed by atoms with Crippen molar-refractivity contribution in [2.45, 2.75) is 19.4 Å². The van der Waals surface area contributed by atoms with Gasteiger partial charge >= 0.3 is 5.97 Å². The molecule has 0 unspecified atom stereocenters. The maximum absolute atomic E-state index is 11.2. The van der Waals surface area contributed by atoms with Gasteiger partial charge in [0.2, 0.25) is 0 Å². The third kappa shape index (κ3) is 5.33. The number of hydrogen-bond acceptors (Lipinski definition) is 2. The lowest BCUT2D eigenvalue weighted by molar-refractivity contribution is -0.131. The number of likely N-dealkylation sites (tertiary alicyclic amines) is 1. The Labute approximate surface area is 159 Å². The Kier molecular flexibility index (Phi) is 7.06. The topological polar surface area (TPSA) is 40.5 Å². The normalized spacial score (nSPS) is 15.0. The highest BCUT2D eigenvalue weighted by Gasteiger charge is 2.12. The molecule has 0 aliphatic carbocycles. The van der Waals surface area contributed by atoms with Gasteiger partial charge < -0.3 is 5.11 Å². The molecular weight excluding hydrogens is 357 g/mol. The van der Waals surface area contributed by atoms with Crippen molar-refractivity contribution in [2.24, 2.45) is 0 Å². The van der Waals surface area contributed by atoms with E-state index in [1.807, 2.05) is 24.3 Å². The van der Waals surface area contributed by atoms with Crippen LogP contribution in [0.3, 0.4) is 0 Å². The average Bonchev–Trinajstić information content (AvgIpc) is 3.07. The van der Waals surface area contributed by atoms with E-state index in [1.165, 1.54) is 24.5 Å². The number of benzene rings is 2. The van der Waals surface area contributed by atoms with E-state index in [4.69, 9.17) is 11.6 Å². The Bertz CT molecular complexity index is 733. The lowest BCUT2D eigenvalue weighted by Gasteiger charge is -2.15. The lowest BCUT2D eigenvalue weighted by atomic mass is 9.96. The third-order valence-corrected chi connectivity index (χ3v) is 4.54. The van der Waals surface area contributed by atoms with Crippen molar-refractivity contribution in [1.29, 1.82) is 0 Å². The molecule has 0 atom stereocenters. The number of hydrogen-bond donors (Lipinski definition) is 1. The molecule has 0 radical (unpaired) electrons. The second kappa shape index (κ2) is 9.04. The van der Waals surface area contributed by atoms with Crippen LogP contribution in [0.5, 0.6) is 0 Å². The van der Waals surface area contributed by atoms with E-state index in [-0.39, 0.29) is 12.4 Å². The second-order valence-electron chi connectivity index (χ2n) is 6.08. The average molecular weight is 378 g/mol. The summed E-state index contributed by atoms with van der Waals surface area (Å²) in [7, 11) is 0. The van der Waals surface area contributed by atoms with Gasteiger partial charge in [-0.05, 0) is 60.3 Å². The highest BCUT2D eigenvalue weighted by Crippen LogP contribution is 2.25. The van der Waals surface area contributed by atoms with Crippen LogP contribution in [0.2, 0.25) is 5.02 Å². The number of aliphatic carboxylic acids is 1. The Morgan fingerprint density at radius 2 is 1.52 bits per heavy atom. The molecule has 0 bridgehead atoms. The molecule has 3 rings (SSSR count). The van der Waals surface area contributed by atoms with Crippen LogP contribution in [-0.4, -0.2) is 29.1 Å². The van der Waals surface area contributed by atoms with E-state index >= 15 is 0 Å². The maximum atomic E-state index is 11.2. The van der Waals surface area contributed by atoms with Crippen LogP contribution < -0.4 is 0 Å². The number of halogens is 2. The predicted octanol–water partition coefficient (Wildman–Crippen LogP) is 4.87. The first-order valence-corrected chi connectivity index (χ1v) is 8.52. The van der Waals surface area contributed by atoms with Crippen LogP contribution in [-0.2, 0) is 11.3 Å². The lowest BCUT2D eigenvalue weighted by Crippen LogP contribution is -2.18. The van der Waals surface area contributed by atoms with Crippen LogP contribution in [0, 0.1) is 0 Å². The SMILES string of the molecule is Cl.O=C(O)/C=C(/c1ccc(Cl)cc1)c1ccc(CN2CCCC2)cc1. The summed E-state index contributed by atoms with van der Waals surface area (Å²) in [6.45, 7) is 3.28. The van der Waals surface area contributed by atoms with E-state index in [1.54, 1.807) is 12.1 Å². The fraction of sp³-hybridized carbons (Fsp3) is 0.250. The van der Waals surface area contributed by atoms with Gasteiger partial charge in [0.25, 0.3) is 0 Å². The third-order valence-electron chi connectivity index (χ3n) is 4.29. The van der Waals surface area contributed by atoms with Gasteiger partial charge in [0, 0.05) is 17.6 Å². The Morgan fingerprint density at radius 3 is 2.04 bits per heavy atom. The van der Waals surface area contributed by atoms with Gasteiger partial charge in [0.05, 0.1) is 0 Å². The van der Waals surface area contributed by atoms with Crippen molar-refractivity contribution in [3.8, 4) is 0 Å². The Hall–Kier alpha value is -1.81. The monoisotopic (exact) mass is 377 g/mol. The molecule has 1 saturated heterocycles. The maximum Gasteiger partial charge on any atom is 0.328 e. The fourth-order valence-corrected chi connectivity index (χ4v) is 3.20. The molecule has 1 fully saturated rings. The van der Waals surface area contributed by atoms with Crippen LogP contribution in [0.25, 0.3) is 5.57 Å². The zero-order chi connectivity index (χ0) is 16.9. The molecule has 2 aromatic carbocycles. The van der Waals surface area contributed by atoms with Crippen molar-refractivity contribution in [3.05, 3.63) is 76.3 Å². The van der Waals surface area contributed by atoms with Gasteiger partial charge in [-0.3, -0.25) is 4.90 Å². The summed E-state index contributed by atoms with van der Waals surface area (Å²) in [6, 6.07) is 15.4. The second-order valence-corrected chi connectivity index (χ2v) is 6.52. The summed E-state index contributed by atoms with van der Waals surface area (Å²) in [5, 5.41) is 9.83. The fourth-order valence-electron chi connectivity index (χ4n) is 3.07. The summed E-state index contributed by atoms with van der Waals surface area (Å²) in [5.41, 5.74) is 3.68. The molecule has 132 valence electrons. The molecule has 0 amide bonds. The number of rotatable bonds is 5. The molecule has 5 heteroatoms. The number of nitrogens with zero attached hydrogens (tertiary/aromatic N) is 1. The van der Waals surface area contributed by atoms with Crippen molar-refractivity contribution in [2.75, 3.05) is 13.1 Å². The summed E-state index contributed by atoms with van der Waals surface area (Å²) in [6.07, 6.45) is 3.80. The first kappa shape index (κ1) is 19.5. The van der Waals surface area contributed by atoms with Crippen molar-refractivity contribution >= 4 is 35.6 Å². The summed E-state index contributed by atoms with van der Waals surface area (Å²) >= 11 is 5.93. The van der Waals surface area contributed by atoms with E-state index in [9.17, 15) is 9.90 Å². The highest BCUT2D eigenvalue weighted by atomic mass is 35.5. The first-order valence-electron chi connectivity index (χ1n) is 8.14. The Morgan fingerprint density at radius 1 is 1.00 bits per heavy atom. The molecule has 1 aliphatic rings. The molecule has 1 N–H and O–H groups in total. The van der Waals surface area contributed by atoms with Crippen molar-refractivity contribution < 1.29 is 9.90 Å². The van der Waals surface area contributed by atoms with Gasteiger partial charge in [-0.25, -0.2) is 4.79 Å². The van der Waals surface area contributed by atoms with Gasteiger partial charge in [-0.15, -0.1) is 12.4 Å². The molecule has 0 saturated carbocycles. The molecule has 3 nitrogen and oxygen atoms in total. The number of carboxylic acids is 1. The van der Waals surface area contributed by atoms with Crippen LogP contribution >= 0.6 is 24.0 Å². The Balaban J connectivity index is 0.00000225. The van der Waals surface area contributed by atoms with Gasteiger partial charge in [-0.1, -0.05) is 48.0 Å². The summed E-state index contributed by atoms with van der Waals surface area (Å²) in [5.74, 6) is -0.957. The summed E-state index contributed by atoms with van der Waals surface area (Å²) in [4.78, 5) is 13.7. The smallest absolute Gasteiger partial charge is 0.328 e. The van der Waals surface area contributed by atoms with Gasteiger partial charge in [-0.2, -0.15) is 0 Å². The molecule has 0 aromatic heterocycles. The van der Waals surface area contributed by atoms with Gasteiger partial charge in [0.15, 0.2) is 0 Å². The minimum absolute atomic E-state index is 0. The zero-order valence-electron chi connectivity index (χ0n) is 13.8. The van der Waals surface area contributed by atoms with E-state index in [0.717, 1.165) is 30.8 Å². The van der Waals surface area contributed by atoms with Crippen molar-refractivity contribution in [3.63, 3.8) is 0 Å². The number of carboxylic acid groups (broad SMARTS) is 1. The minimum atomic E-state index is -0.957. The highest BCUT2D eigenvalue weighted by molar-refractivity contribution is 6.30. The molecule has 25 heavy (non-hydrogen) atoms. The molecule has 1 heterocycles. The van der Waals surface area contributed by atoms with Crippen LogP contribution in [0.4, 0.5) is 0 Å². The predicted molar refractivity (Wildman–Crippen MR) is 104 cm³/mol. The summed E-state index contributed by atoms with van der Waals surface area (Å²) < 4.78 is 0. The van der Waals surface area contributed by atoms with Crippen LogP contribution in [0.1, 0.15) is 29.5 Å². The van der Waals surface area contributed by atoms with E-state index in [2.05, 4.69) is 17.0 Å². The largest absolute Gasteiger partial charge is 0.478 e. The minimum Gasteiger partial charge on any atom is -0.478 e. The molecular formula is C20H21Cl2NO2. The van der Waals surface area contributed by atoms with Crippen LogP contribution in [0.15, 0.2) is 54.6 Å². The zero-order valence-corrected chi connectivity index (χ0v) is 15.4.